The monoisotopic (exact) mass is 554 g/mol. The van der Waals surface area contributed by atoms with E-state index in [1.165, 1.54) is 18.2 Å². The van der Waals surface area contributed by atoms with Gasteiger partial charge in [-0.3, -0.25) is 19.8 Å². The number of aromatic nitrogens is 2. The molecular formula is C22H25BrF2N6O4. The zero-order valence-corrected chi connectivity index (χ0v) is 20.4. The number of nitrogens with one attached hydrogen (secondary N) is 1. The molecule has 4 rings (SSSR count). The minimum Gasteiger partial charge on any atom is -0.485 e. The summed E-state index contributed by atoms with van der Waals surface area (Å²) in [6, 6.07) is 3.96. The second-order valence-corrected chi connectivity index (χ2v) is 9.55. The van der Waals surface area contributed by atoms with Gasteiger partial charge in [-0.15, -0.1) is 0 Å². The van der Waals surface area contributed by atoms with Gasteiger partial charge in [-0.05, 0) is 41.4 Å². The van der Waals surface area contributed by atoms with E-state index in [4.69, 9.17) is 4.74 Å². The van der Waals surface area contributed by atoms with Crippen LogP contribution in [0.25, 0.3) is 0 Å². The van der Waals surface area contributed by atoms with Crippen LogP contribution >= 0.6 is 15.9 Å². The molecular weight excluding hydrogens is 530 g/mol. The van der Waals surface area contributed by atoms with Gasteiger partial charge in [0.15, 0.2) is 5.75 Å². The third-order valence-electron chi connectivity index (χ3n) is 5.97. The molecule has 2 saturated heterocycles. The highest BCUT2D eigenvalue weighted by Crippen LogP contribution is 2.30. The van der Waals surface area contributed by atoms with E-state index in [2.05, 4.69) is 31.2 Å². The van der Waals surface area contributed by atoms with E-state index in [1.807, 2.05) is 0 Å². The number of benzene rings is 1. The maximum absolute atomic E-state index is 13.6. The number of hydrogen-bond donors (Lipinski definition) is 1. The summed E-state index contributed by atoms with van der Waals surface area (Å²) >= 11 is 3.28. The number of carbonyl (C=O) groups excluding carboxylic acids is 1. The third kappa shape index (κ3) is 6.60. The van der Waals surface area contributed by atoms with Gasteiger partial charge in [0.25, 0.3) is 11.8 Å². The lowest BCUT2D eigenvalue weighted by Gasteiger charge is -2.32. The summed E-state index contributed by atoms with van der Waals surface area (Å²) in [5.74, 6) is -2.60. The summed E-state index contributed by atoms with van der Waals surface area (Å²) in [6.07, 6.45) is 4.20. The van der Waals surface area contributed by atoms with Crippen LogP contribution in [0.3, 0.4) is 0 Å². The molecule has 1 amide bonds. The number of amides is 1. The van der Waals surface area contributed by atoms with Crippen molar-refractivity contribution < 1.29 is 23.2 Å². The third-order valence-corrected chi connectivity index (χ3v) is 6.38. The van der Waals surface area contributed by atoms with Crippen molar-refractivity contribution in [1.29, 1.82) is 0 Å². The molecule has 2 aromatic rings. The lowest BCUT2D eigenvalue weighted by Crippen LogP contribution is -2.44. The maximum atomic E-state index is 13.6. The summed E-state index contributed by atoms with van der Waals surface area (Å²) in [5.41, 5.74) is -0.0190. The van der Waals surface area contributed by atoms with Crippen LogP contribution < -0.4 is 10.1 Å². The molecule has 0 spiro atoms. The zero-order chi connectivity index (χ0) is 25.0. The molecule has 0 aliphatic carbocycles. The van der Waals surface area contributed by atoms with E-state index in [0.29, 0.717) is 38.4 Å². The fourth-order valence-electron chi connectivity index (χ4n) is 4.25. The lowest BCUT2D eigenvalue weighted by atomic mass is 10.1. The number of ether oxygens (including phenoxy) is 1. The number of hydrogen-bond acceptors (Lipinski definition) is 8. The van der Waals surface area contributed by atoms with Crippen LogP contribution in [0.1, 0.15) is 29.6 Å². The molecule has 1 atom stereocenters. The fourth-order valence-corrected chi connectivity index (χ4v) is 4.45. The Labute approximate surface area is 208 Å². The predicted octanol–water partition coefficient (Wildman–Crippen LogP) is 3.58. The summed E-state index contributed by atoms with van der Waals surface area (Å²) in [5, 5.41) is 14.6. The predicted molar refractivity (Wildman–Crippen MR) is 127 cm³/mol. The highest BCUT2D eigenvalue weighted by atomic mass is 79.9. The first-order chi connectivity index (χ1) is 16.7. The molecule has 0 bridgehead atoms. The van der Waals surface area contributed by atoms with E-state index >= 15 is 0 Å². The molecule has 3 heterocycles. The number of nitro benzene ring substituents is 1. The van der Waals surface area contributed by atoms with Gasteiger partial charge < -0.3 is 15.0 Å². The van der Waals surface area contributed by atoms with E-state index in [1.54, 1.807) is 22.2 Å². The molecule has 0 radical (unpaired) electrons. The van der Waals surface area contributed by atoms with Gasteiger partial charge in [-0.25, -0.2) is 18.7 Å². The molecule has 10 nitrogen and oxygen atoms in total. The van der Waals surface area contributed by atoms with E-state index in [0.717, 1.165) is 4.47 Å². The quantitative estimate of drug-likeness (QED) is 0.389. The highest BCUT2D eigenvalue weighted by molar-refractivity contribution is 9.10. The number of nitrogens with zero attached hydrogens (tertiary/aromatic N) is 5. The minimum absolute atomic E-state index is 0.00252. The largest absolute Gasteiger partial charge is 0.485 e. The van der Waals surface area contributed by atoms with Crippen LogP contribution in [-0.4, -0.2) is 81.9 Å². The van der Waals surface area contributed by atoms with Crippen LogP contribution in [0.4, 0.5) is 20.4 Å². The molecule has 2 aliphatic rings. The Balaban J connectivity index is 1.37. The maximum Gasteiger partial charge on any atom is 0.310 e. The van der Waals surface area contributed by atoms with Gasteiger partial charge in [-0.2, -0.15) is 0 Å². The molecule has 13 heteroatoms. The van der Waals surface area contributed by atoms with Crippen LogP contribution in [0.2, 0.25) is 0 Å². The second kappa shape index (κ2) is 10.8. The van der Waals surface area contributed by atoms with Gasteiger partial charge in [0.2, 0.25) is 5.95 Å². The SMILES string of the molecule is O=C(c1ccc([N+](=O)[O-])c(OCCN2CCCC(F)(F)C2)c1)N1CC[C@H](Nc2ncc(Br)cn2)C1. The highest BCUT2D eigenvalue weighted by Gasteiger charge is 2.35. The first-order valence-electron chi connectivity index (χ1n) is 11.2. The number of rotatable bonds is 8. The Morgan fingerprint density at radius 3 is 2.80 bits per heavy atom. The summed E-state index contributed by atoms with van der Waals surface area (Å²) in [4.78, 5) is 35.5. The molecule has 1 N–H and O–H groups in total. The Morgan fingerprint density at radius 2 is 2.09 bits per heavy atom. The molecule has 2 aliphatic heterocycles. The van der Waals surface area contributed by atoms with Crippen molar-refractivity contribution in [2.24, 2.45) is 0 Å². The van der Waals surface area contributed by atoms with E-state index < -0.39 is 10.8 Å². The number of halogens is 3. The van der Waals surface area contributed by atoms with Crippen molar-refractivity contribution in [3.63, 3.8) is 0 Å². The summed E-state index contributed by atoms with van der Waals surface area (Å²) < 4.78 is 33.6. The molecule has 2 fully saturated rings. The normalized spacial score (nSPS) is 20.0. The van der Waals surface area contributed by atoms with Crippen molar-refractivity contribution in [1.82, 2.24) is 19.8 Å². The van der Waals surface area contributed by atoms with Crippen LogP contribution in [0, 0.1) is 10.1 Å². The van der Waals surface area contributed by atoms with Gasteiger partial charge in [-0.1, -0.05) is 0 Å². The van der Waals surface area contributed by atoms with Crippen molar-refractivity contribution in [2.45, 2.75) is 31.2 Å². The van der Waals surface area contributed by atoms with Gasteiger partial charge in [0, 0.05) is 62.2 Å². The molecule has 35 heavy (non-hydrogen) atoms. The molecule has 188 valence electrons. The first kappa shape index (κ1) is 25.2. The average Bonchev–Trinajstić information content (AvgIpc) is 3.28. The van der Waals surface area contributed by atoms with E-state index in [-0.39, 0.29) is 55.1 Å². The number of carbonyl (C=O) groups is 1. The smallest absolute Gasteiger partial charge is 0.310 e. The van der Waals surface area contributed by atoms with Crippen LogP contribution in [0.15, 0.2) is 35.1 Å². The Hall–Kier alpha value is -2.93. The van der Waals surface area contributed by atoms with Gasteiger partial charge >= 0.3 is 5.69 Å². The molecule has 1 aromatic carbocycles. The number of nitro groups is 1. The van der Waals surface area contributed by atoms with Crippen molar-refractivity contribution in [3.05, 3.63) is 50.7 Å². The van der Waals surface area contributed by atoms with Crippen molar-refractivity contribution in [2.75, 3.05) is 44.6 Å². The number of piperidine rings is 1. The number of anilines is 1. The Kier molecular flexibility index (Phi) is 7.75. The molecule has 0 saturated carbocycles. The number of likely N-dealkylation sites (tertiary alicyclic amines) is 2. The van der Waals surface area contributed by atoms with Crippen molar-refractivity contribution >= 4 is 33.5 Å². The van der Waals surface area contributed by atoms with Gasteiger partial charge in [0.05, 0.1) is 15.9 Å². The second-order valence-electron chi connectivity index (χ2n) is 8.63. The average molecular weight is 555 g/mol. The zero-order valence-electron chi connectivity index (χ0n) is 18.8. The standard InChI is InChI=1S/C22H25BrF2N6O4/c23-16-11-26-21(27-12-16)28-17-4-7-30(13-17)20(32)15-2-3-18(31(33)34)19(10-15)35-9-8-29-6-1-5-22(24,25)14-29/h2-3,10-12,17H,1,4-9,13-14H2,(H,26,27,28)/t17-/m0/s1. The lowest BCUT2D eigenvalue weighted by molar-refractivity contribution is -0.385. The van der Waals surface area contributed by atoms with Gasteiger partial charge in [0.1, 0.15) is 6.61 Å². The fraction of sp³-hybridized carbons (Fsp3) is 0.500. The van der Waals surface area contributed by atoms with Crippen LogP contribution in [-0.2, 0) is 0 Å². The topological polar surface area (TPSA) is 114 Å². The molecule has 1 aromatic heterocycles. The Bertz CT molecular complexity index is 1070. The molecule has 0 unspecified atom stereocenters. The summed E-state index contributed by atoms with van der Waals surface area (Å²) in [7, 11) is 0. The number of alkyl halides is 2. The first-order valence-corrected chi connectivity index (χ1v) is 12.0. The summed E-state index contributed by atoms with van der Waals surface area (Å²) in [6.45, 7) is 1.30. The van der Waals surface area contributed by atoms with Crippen LogP contribution in [0.5, 0.6) is 5.75 Å². The Morgan fingerprint density at radius 1 is 1.31 bits per heavy atom. The minimum atomic E-state index is -2.73. The van der Waals surface area contributed by atoms with Crippen molar-refractivity contribution in [3.8, 4) is 5.75 Å². The van der Waals surface area contributed by atoms with E-state index in [9.17, 15) is 23.7 Å².